The first kappa shape index (κ1) is 16.7. The molecule has 1 aliphatic rings. The average Bonchev–Trinajstić information content (AvgIpc) is 3.31. The molecule has 2 aromatic heterocycles. The minimum Gasteiger partial charge on any atom is -0.346 e. The zero-order valence-electron chi connectivity index (χ0n) is 15.4. The van der Waals surface area contributed by atoms with Gasteiger partial charge in [-0.05, 0) is 42.2 Å². The van der Waals surface area contributed by atoms with Crippen LogP contribution in [0.15, 0.2) is 53.4 Å². The van der Waals surface area contributed by atoms with Crippen molar-refractivity contribution in [1.29, 1.82) is 0 Å². The molecule has 4 aromatic rings. The van der Waals surface area contributed by atoms with Crippen molar-refractivity contribution in [3.63, 3.8) is 0 Å². The Balaban J connectivity index is 1.48. The number of aryl methyl sites for hydroxylation is 1. The van der Waals surface area contributed by atoms with E-state index in [2.05, 4.69) is 31.6 Å². The number of nitrogens with one attached hydrogen (secondary N) is 1. The third-order valence-corrected chi connectivity index (χ3v) is 5.17. The summed E-state index contributed by atoms with van der Waals surface area (Å²) >= 11 is 0. The number of amides is 1. The van der Waals surface area contributed by atoms with Crippen molar-refractivity contribution >= 4 is 16.7 Å². The summed E-state index contributed by atoms with van der Waals surface area (Å²) in [4.78, 5) is 12.8. The SMILES string of the molecule is Cc1nonc1CNC(=O)c1ccc(-c2cnn(C3CC3)c2)c2ccccc12. The Hall–Kier alpha value is -3.48. The molecule has 2 aromatic carbocycles. The monoisotopic (exact) mass is 373 g/mol. The summed E-state index contributed by atoms with van der Waals surface area (Å²) in [5.74, 6) is -0.154. The van der Waals surface area contributed by atoms with Crippen LogP contribution in [0, 0.1) is 6.92 Å². The first-order valence-corrected chi connectivity index (χ1v) is 9.33. The van der Waals surface area contributed by atoms with Crippen LogP contribution in [0.1, 0.15) is 40.6 Å². The molecule has 0 aliphatic heterocycles. The van der Waals surface area contributed by atoms with Gasteiger partial charge in [0.15, 0.2) is 0 Å². The summed E-state index contributed by atoms with van der Waals surface area (Å²) in [6.45, 7) is 2.07. The Labute approximate surface area is 161 Å². The van der Waals surface area contributed by atoms with Crippen LogP contribution in [-0.2, 0) is 6.54 Å². The number of carbonyl (C=O) groups excluding carboxylic acids is 1. The highest BCUT2D eigenvalue weighted by molar-refractivity contribution is 6.10. The summed E-state index contributed by atoms with van der Waals surface area (Å²) in [6, 6.07) is 12.4. The summed E-state index contributed by atoms with van der Waals surface area (Å²) in [6.07, 6.45) is 6.39. The second-order valence-electron chi connectivity index (χ2n) is 7.13. The van der Waals surface area contributed by atoms with Crippen LogP contribution < -0.4 is 5.32 Å². The van der Waals surface area contributed by atoms with Crippen molar-refractivity contribution in [3.05, 3.63) is 65.7 Å². The molecule has 0 radical (unpaired) electrons. The molecule has 0 spiro atoms. The lowest BCUT2D eigenvalue weighted by Crippen LogP contribution is -2.23. The molecule has 28 heavy (non-hydrogen) atoms. The van der Waals surface area contributed by atoms with E-state index in [0.717, 1.165) is 21.9 Å². The lowest BCUT2D eigenvalue weighted by atomic mass is 9.96. The van der Waals surface area contributed by atoms with E-state index in [9.17, 15) is 4.79 Å². The van der Waals surface area contributed by atoms with Gasteiger partial charge in [0.2, 0.25) is 0 Å². The molecular formula is C21H19N5O2. The van der Waals surface area contributed by atoms with Crippen LogP contribution in [0.3, 0.4) is 0 Å². The number of benzene rings is 2. The van der Waals surface area contributed by atoms with Gasteiger partial charge in [-0.15, -0.1) is 0 Å². The molecule has 1 saturated carbocycles. The molecule has 1 amide bonds. The van der Waals surface area contributed by atoms with Crippen molar-refractivity contribution in [2.45, 2.75) is 32.4 Å². The van der Waals surface area contributed by atoms with Crippen LogP contribution in [0.4, 0.5) is 0 Å². The molecule has 140 valence electrons. The van der Waals surface area contributed by atoms with Crippen LogP contribution in [0.5, 0.6) is 0 Å². The predicted molar refractivity (Wildman–Crippen MR) is 104 cm³/mol. The summed E-state index contributed by atoms with van der Waals surface area (Å²) in [5.41, 5.74) is 4.08. The molecular weight excluding hydrogens is 354 g/mol. The Morgan fingerprint density at radius 3 is 2.75 bits per heavy atom. The zero-order chi connectivity index (χ0) is 19.1. The van der Waals surface area contributed by atoms with Gasteiger partial charge < -0.3 is 5.32 Å². The van der Waals surface area contributed by atoms with Crippen molar-refractivity contribution in [3.8, 4) is 11.1 Å². The maximum atomic E-state index is 12.8. The lowest BCUT2D eigenvalue weighted by molar-refractivity contribution is 0.0951. The second kappa shape index (κ2) is 6.60. The number of hydrogen-bond acceptors (Lipinski definition) is 5. The first-order valence-electron chi connectivity index (χ1n) is 9.33. The zero-order valence-corrected chi connectivity index (χ0v) is 15.4. The van der Waals surface area contributed by atoms with Gasteiger partial charge in [0.1, 0.15) is 11.4 Å². The lowest BCUT2D eigenvalue weighted by Gasteiger charge is -2.10. The number of rotatable bonds is 5. The molecule has 7 nitrogen and oxygen atoms in total. The standard InChI is InChI=1S/C21H19N5O2/c1-13-20(25-28-24-13)11-22-21(27)19-9-8-16(17-4-2-3-5-18(17)19)14-10-23-26(12-14)15-6-7-15/h2-5,8-10,12,15H,6-7,11H2,1H3,(H,22,27). The van der Waals surface area contributed by atoms with Gasteiger partial charge >= 0.3 is 0 Å². The molecule has 0 bridgehead atoms. The minimum atomic E-state index is -0.154. The van der Waals surface area contributed by atoms with Gasteiger partial charge in [0, 0.05) is 17.3 Å². The molecule has 5 rings (SSSR count). The largest absolute Gasteiger partial charge is 0.346 e. The molecule has 0 unspecified atom stereocenters. The van der Waals surface area contributed by atoms with Gasteiger partial charge in [-0.25, -0.2) is 4.63 Å². The average molecular weight is 373 g/mol. The minimum absolute atomic E-state index is 0.154. The number of carbonyl (C=O) groups is 1. The van der Waals surface area contributed by atoms with Crippen molar-refractivity contribution in [2.24, 2.45) is 0 Å². The smallest absolute Gasteiger partial charge is 0.252 e. The van der Waals surface area contributed by atoms with E-state index in [4.69, 9.17) is 0 Å². The highest BCUT2D eigenvalue weighted by Crippen LogP contribution is 2.36. The summed E-state index contributed by atoms with van der Waals surface area (Å²) in [7, 11) is 0. The van der Waals surface area contributed by atoms with E-state index in [1.165, 1.54) is 12.8 Å². The molecule has 2 heterocycles. The highest BCUT2D eigenvalue weighted by atomic mass is 16.6. The molecule has 1 fully saturated rings. The predicted octanol–water partition coefficient (Wildman–Crippen LogP) is 3.66. The van der Waals surface area contributed by atoms with E-state index in [1.807, 2.05) is 47.3 Å². The molecule has 0 atom stereocenters. The summed E-state index contributed by atoms with van der Waals surface area (Å²) < 4.78 is 6.72. The van der Waals surface area contributed by atoms with E-state index < -0.39 is 0 Å². The van der Waals surface area contributed by atoms with Gasteiger partial charge in [-0.2, -0.15) is 5.10 Å². The number of nitrogens with zero attached hydrogens (tertiary/aromatic N) is 4. The Kier molecular flexibility index (Phi) is 3.93. The molecule has 1 N–H and O–H groups in total. The number of fused-ring (bicyclic) bond motifs is 1. The highest BCUT2D eigenvalue weighted by Gasteiger charge is 2.24. The Morgan fingerprint density at radius 2 is 2.00 bits per heavy atom. The van der Waals surface area contributed by atoms with Gasteiger partial charge in [0.25, 0.3) is 5.91 Å². The van der Waals surface area contributed by atoms with Crippen molar-refractivity contribution in [1.82, 2.24) is 25.4 Å². The number of aromatic nitrogens is 4. The van der Waals surface area contributed by atoms with E-state index in [1.54, 1.807) is 6.92 Å². The maximum Gasteiger partial charge on any atom is 0.252 e. The molecule has 7 heteroatoms. The third kappa shape index (κ3) is 2.94. The van der Waals surface area contributed by atoms with E-state index in [0.29, 0.717) is 23.0 Å². The normalized spacial score (nSPS) is 13.8. The van der Waals surface area contributed by atoms with Gasteiger partial charge in [0.05, 0.1) is 18.8 Å². The second-order valence-corrected chi connectivity index (χ2v) is 7.13. The number of hydrogen-bond donors (Lipinski definition) is 1. The fourth-order valence-electron chi connectivity index (χ4n) is 3.43. The maximum absolute atomic E-state index is 12.8. The van der Waals surface area contributed by atoms with Crippen LogP contribution in [0.2, 0.25) is 0 Å². The fraction of sp³-hybridized carbons (Fsp3) is 0.238. The van der Waals surface area contributed by atoms with Crippen molar-refractivity contribution < 1.29 is 9.42 Å². The summed E-state index contributed by atoms with van der Waals surface area (Å²) in [5, 5.41) is 16.9. The third-order valence-electron chi connectivity index (χ3n) is 5.17. The topological polar surface area (TPSA) is 85.8 Å². The van der Waals surface area contributed by atoms with Crippen LogP contribution in [0.25, 0.3) is 21.9 Å². The van der Waals surface area contributed by atoms with Gasteiger partial charge in [-0.3, -0.25) is 9.48 Å². The van der Waals surface area contributed by atoms with Crippen LogP contribution >= 0.6 is 0 Å². The quantitative estimate of drug-likeness (QED) is 0.577. The van der Waals surface area contributed by atoms with Crippen LogP contribution in [-0.4, -0.2) is 26.0 Å². The van der Waals surface area contributed by atoms with E-state index >= 15 is 0 Å². The first-order chi connectivity index (χ1) is 13.7. The fourth-order valence-corrected chi connectivity index (χ4v) is 3.43. The van der Waals surface area contributed by atoms with E-state index in [-0.39, 0.29) is 12.5 Å². The van der Waals surface area contributed by atoms with Gasteiger partial charge in [-0.1, -0.05) is 40.6 Å². The molecule has 0 saturated heterocycles. The Morgan fingerprint density at radius 1 is 1.18 bits per heavy atom. The molecule has 1 aliphatic carbocycles. The van der Waals surface area contributed by atoms with Crippen molar-refractivity contribution in [2.75, 3.05) is 0 Å². The Bertz CT molecular complexity index is 1170.